The van der Waals surface area contributed by atoms with Crippen LogP contribution in [0.1, 0.15) is 29.8 Å². The first-order valence-electron chi connectivity index (χ1n) is 5.19. The van der Waals surface area contributed by atoms with Crippen molar-refractivity contribution in [2.45, 2.75) is 25.3 Å². The monoisotopic (exact) mass is 223 g/mol. The molecule has 0 bridgehead atoms. The molecule has 2 rings (SSSR count). The lowest BCUT2D eigenvalue weighted by molar-refractivity contribution is -0.141. The Morgan fingerprint density at radius 2 is 2.31 bits per heavy atom. The maximum Gasteiger partial charge on any atom is 0.306 e. The first kappa shape index (κ1) is 10.7. The van der Waals surface area contributed by atoms with E-state index in [0.717, 1.165) is 6.42 Å². The van der Waals surface area contributed by atoms with E-state index < -0.39 is 5.97 Å². The number of aromatic nitrogens is 2. The van der Waals surface area contributed by atoms with Gasteiger partial charge in [0.25, 0.3) is 5.91 Å². The van der Waals surface area contributed by atoms with Gasteiger partial charge in [-0.2, -0.15) is 0 Å². The topological polar surface area (TPSA) is 95.1 Å². The summed E-state index contributed by atoms with van der Waals surface area (Å²) >= 11 is 0. The number of amides is 1. The van der Waals surface area contributed by atoms with Crippen molar-refractivity contribution in [3.05, 3.63) is 18.2 Å². The lowest BCUT2D eigenvalue weighted by Crippen LogP contribution is -2.33. The molecule has 1 aliphatic carbocycles. The number of carbonyl (C=O) groups is 2. The molecule has 0 aliphatic heterocycles. The van der Waals surface area contributed by atoms with Gasteiger partial charge in [0, 0.05) is 6.04 Å². The second kappa shape index (κ2) is 4.34. The van der Waals surface area contributed by atoms with E-state index >= 15 is 0 Å². The molecule has 2 unspecified atom stereocenters. The van der Waals surface area contributed by atoms with Crippen LogP contribution in [0.4, 0.5) is 0 Å². The summed E-state index contributed by atoms with van der Waals surface area (Å²) in [5.41, 5.74) is 0.402. The molecule has 1 heterocycles. The Hall–Kier alpha value is -1.85. The minimum absolute atomic E-state index is 0.0445. The Bertz CT molecular complexity index is 388. The summed E-state index contributed by atoms with van der Waals surface area (Å²) in [6, 6.07) is -0.0445. The molecular weight excluding hydrogens is 210 g/mol. The fourth-order valence-corrected chi connectivity index (χ4v) is 1.98. The Kier molecular flexibility index (Phi) is 2.89. The van der Waals surface area contributed by atoms with E-state index in [1.165, 1.54) is 12.5 Å². The maximum atomic E-state index is 11.6. The largest absolute Gasteiger partial charge is 0.481 e. The van der Waals surface area contributed by atoms with E-state index in [2.05, 4.69) is 15.3 Å². The van der Waals surface area contributed by atoms with Crippen molar-refractivity contribution in [1.29, 1.82) is 0 Å². The summed E-state index contributed by atoms with van der Waals surface area (Å²) in [5.74, 6) is -1.33. The first-order chi connectivity index (χ1) is 7.66. The highest BCUT2D eigenvalue weighted by Crippen LogP contribution is 2.25. The lowest BCUT2D eigenvalue weighted by atomic mass is 10.1. The van der Waals surface area contributed by atoms with E-state index in [1.807, 2.05) is 0 Å². The molecule has 3 N–H and O–H groups in total. The van der Waals surface area contributed by atoms with Crippen LogP contribution in [-0.4, -0.2) is 33.0 Å². The number of nitrogens with one attached hydrogen (secondary N) is 2. The zero-order valence-corrected chi connectivity index (χ0v) is 8.64. The number of carbonyl (C=O) groups excluding carboxylic acids is 1. The highest BCUT2D eigenvalue weighted by atomic mass is 16.4. The zero-order valence-electron chi connectivity index (χ0n) is 8.64. The van der Waals surface area contributed by atoms with E-state index in [9.17, 15) is 9.59 Å². The van der Waals surface area contributed by atoms with Gasteiger partial charge in [-0.15, -0.1) is 0 Å². The molecule has 6 nitrogen and oxygen atoms in total. The fraction of sp³-hybridized carbons (Fsp3) is 0.500. The van der Waals surface area contributed by atoms with Crippen molar-refractivity contribution in [2.24, 2.45) is 5.92 Å². The van der Waals surface area contributed by atoms with Crippen molar-refractivity contribution in [3.8, 4) is 0 Å². The molecule has 2 atom stereocenters. The molecule has 0 saturated heterocycles. The minimum atomic E-state index is -0.779. The Morgan fingerprint density at radius 1 is 1.50 bits per heavy atom. The average molecular weight is 223 g/mol. The number of aliphatic carboxylic acids is 1. The van der Waals surface area contributed by atoms with Crippen molar-refractivity contribution >= 4 is 11.9 Å². The third-order valence-electron chi connectivity index (χ3n) is 2.86. The van der Waals surface area contributed by atoms with E-state index in [1.54, 1.807) is 0 Å². The summed E-state index contributed by atoms with van der Waals surface area (Å²) in [6.07, 6.45) is 4.73. The van der Waals surface area contributed by atoms with Crippen LogP contribution in [-0.2, 0) is 4.79 Å². The van der Waals surface area contributed by atoms with E-state index in [-0.39, 0.29) is 17.9 Å². The summed E-state index contributed by atoms with van der Waals surface area (Å²) < 4.78 is 0. The molecule has 1 fully saturated rings. The maximum absolute atomic E-state index is 11.6. The van der Waals surface area contributed by atoms with Crippen molar-refractivity contribution < 1.29 is 14.7 Å². The fourth-order valence-electron chi connectivity index (χ4n) is 1.98. The van der Waals surface area contributed by atoms with Gasteiger partial charge in [0.2, 0.25) is 0 Å². The number of aromatic amines is 1. The van der Waals surface area contributed by atoms with Gasteiger partial charge in [-0.1, -0.05) is 0 Å². The van der Waals surface area contributed by atoms with Gasteiger partial charge >= 0.3 is 5.97 Å². The van der Waals surface area contributed by atoms with Crippen LogP contribution in [0.3, 0.4) is 0 Å². The van der Waals surface area contributed by atoms with Crippen molar-refractivity contribution in [1.82, 2.24) is 15.3 Å². The number of rotatable bonds is 3. The molecule has 1 aromatic heterocycles. The van der Waals surface area contributed by atoms with Crippen LogP contribution in [0.15, 0.2) is 12.5 Å². The van der Waals surface area contributed by atoms with Crippen LogP contribution in [0.2, 0.25) is 0 Å². The predicted molar refractivity (Wildman–Crippen MR) is 54.8 cm³/mol. The number of carboxylic acid groups (broad SMARTS) is 1. The quantitative estimate of drug-likeness (QED) is 0.690. The second-order valence-electron chi connectivity index (χ2n) is 3.98. The smallest absolute Gasteiger partial charge is 0.306 e. The van der Waals surface area contributed by atoms with E-state index in [4.69, 9.17) is 5.11 Å². The highest BCUT2D eigenvalue weighted by Gasteiger charge is 2.30. The Balaban J connectivity index is 1.88. The molecule has 0 aromatic carbocycles. The molecule has 1 amide bonds. The number of H-pyrrole nitrogens is 1. The predicted octanol–water partition coefficient (Wildman–Crippen LogP) is 0.393. The van der Waals surface area contributed by atoms with Gasteiger partial charge in [-0.05, 0) is 19.3 Å². The van der Waals surface area contributed by atoms with Gasteiger partial charge in [-0.25, -0.2) is 4.98 Å². The molecule has 1 aromatic rings. The van der Waals surface area contributed by atoms with Crippen LogP contribution in [0, 0.1) is 5.92 Å². The number of imidazole rings is 1. The number of nitrogens with zero attached hydrogens (tertiary/aromatic N) is 1. The second-order valence-corrected chi connectivity index (χ2v) is 3.98. The van der Waals surface area contributed by atoms with Crippen LogP contribution >= 0.6 is 0 Å². The zero-order chi connectivity index (χ0) is 11.5. The summed E-state index contributed by atoms with van der Waals surface area (Å²) in [4.78, 5) is 28.8. The van der Waals surface area contributed by atoms with Crippen LogP contribution < -0.4 is 5.32 Å². The molecule has 0 spiro atoms. The summed E-state index contributed by atoms with van der Waals surface area (Å²) in [5, 5.41) is 11.6. The summed E-state index contributed by atoms with van der Waals surface area (Å²) in [6.45, 7) is 0. The van der Waals surface area contributed by atoms with Gasteiger partial charge in [0.05, 0.1) is 18.4 Å². The van der Waals surface area contributed by atoms with Crippen molar-refractivity contribution in [2.75, 3.05) is 0 Å². The number of hydrogen-bond acceptors (Lipinski definition) is 3. The molecular formula is C10H13N3O3. The standard InChI is InChI=1S/C10H13N3O3/c14-9(8-4-11-5-12-8)13-7-2-1-6(3-7)10(15)16/h4-7H,1-3H2,(H,11,12)(H,13,14)(H,15,16). The Morgan fingerprint density at radius 3 is 2.88 bits per heavy atom. The van der Waals surface area contributed by atoms with E-state index in [0.29, 0.717) is 18.5 Å². The van der Waals surface area contributed by atoms with Crippen molar-refractivity contribution in [3.63, 3.8) is 0 Å². The number of carboxylic acids is 1. The van der Waals surface area contributed by atoms with Crippen LogP contribution in [0.25, 0.3) is 0 Å². The number of hydrogen-bond donors (Lipinski definition) is 3. The molecule has 86 valence electrons. The molecule has 0 radical (unpaired) electrons. The minimum Gasteiger partial charge on any atom is -0.481 e. The highest BCUT2D eigenvalue weighted by molar-refractivity contribution is 5.92. The summed E-state index contributed by atoms with van der Waals surface area (Å²) in [7, 11) is 0. The van der Waals surface area contributed by atoms with Gasteiger partial charge in [0.15, 0.2) is 0 Å². The molecule has 6 heteroatoms. The normalized spacial score (nSPS) is 24.2. The SMILES string of the molecule is O=C(NC1CCC(C(=O)O)C1)c1cnc[nH]1. The third-order valence-corrected chi connectivity index (χ3v) is 2.86. The molecule has 16 heavy (non-hydrogen) atoms. The average Bonchev–Trinajstić information content (AvgIpc) is 2.87. The first-order valence-corrected chi connectivity index (χ1v) is 5.19. The van der Waals surface area contributed by atoms with Crippen LogP contribution in [0.5, 0.6) is 0 Å². The molecule has 1 aliphatic rings. The lowest BCUT2D eigenvalue weighted by Gasteiger charge is -2.11. The third kappa shape index (κ3) is 2.21. The van der Waals surface area contributed by atoms with Gasteiger partial charge in [-0.3, -0.25) is 9.59 Å². The Labute approximate surface area is 92.1 Å². The molecule has 1 saturated carbocycles. The van der Waals surface area contributed by atoms with Gasteiger partial charge < -0.3 is 15.4 Å². The van der Waals surface area contributed by atoms with Gasteiger partial charge in [0.1, 0.15) is 5.69 Å².